The highest BCUT2D eigenvalue weighted by molar-refractivity contribution is 5.71. The third kappa shape index (κ3) is 4.71. The Bertz CT molecular complexity index is 496. The lowest BCUT2D eigenvalue weighted by Gasteiger charge is -2.08. The summed E-state index contributed by atoms with van der Waals surface area (Å²) in [5.41, 5.74) is 0. The van der Waals surface area contributed by atoms with Crippen molar-refractivity contribution in [2.45, 2.75) is 0 Å². The summed E-state index contributed by atoms with van der Waals surface area (Å²) in [6.07, 6.45) is 0. The molecule has 0 bridgehead atoms. The van der Waals surface area contributed by atoms with E-state index in [1.807, 2.05) is 36.4 Å². The first-order valence-corrected chi connectivity index (χ1v) is 5.86. The predicted molar refractivity (Wildman–Crippen MR) is 70.0 cm³/mol. The Morgan fingerprint density at radius 1 is 0.789 bits per heavy atom. The van der Waals surface area contributed by atoms with E-state index in [4.69, 9.17) is 14.2 Å². The fourth-order valence-electron chi connectivity index (χ4n) is 1.38. The van der Waals surface area contributed by atoms with Crippen molar-refractivity contribution in [3.63, 3.8) is 0 Å². The monoisotopic (exact) mass is 258 g/mol. The minimum Gasteiger partial charge on any atom is -0.482 e. The third-order valence-corrected chi connectivity index (χ3v) is 2.29. The average molecular weight is 258 g/mol. The minimum absolute atomic E-state index is 0.124. The van der Waals surface area contributed by atoms with Crippen molar-refractivity contribution < 1.29 is 19.0 Å². The molecule has 0 unspecified atom stereocenters. The van der Waals surface area contributed by atoms with E-state index < -0.39 is 5.97 Å². The van der Waals surface area contributed by atoms with Crippen molar-refractivity contribution in [2.75, 3.05) is 13.4 Å². The second-order valence-corrected chi connectivity index (χ2v) is 3.69. The maximum Gasteiger partial charge on any atom is 0.347 e. The van der Waals surface area contributed by atoms with Crippen LogP contribution in [0.1, 0.15) is 0 Å². The average Bonchev–Trinajstić information content (AvgIpc) is 2.47. The summed E-state index contributed by atoms with van der Waals surface area (Å²) in [7, 11) is 0. The zero-order chi connectivity index (χ0) is 13.3. The second kappa shape index (κ2) is 7.06. The SMILES string of the molecule is O=C(COc1ccccc1)OCOc1ccccc1. The molecular formula is C15H14O4. The lowest BCUT2D eigenvalue weighted by molar-refractivity contribution is -0.152. The summed E-state index contributed by atoms with van der Waals surface area (Å²) < 4.78 is 15.4. The summed E-state index contributed by atoms with van der Waals surface area (Å²) in [4.78, 5) is 11.4. The summed E-state index contributed by atoms with van der Waals surface area (Å²) in [6, 6.07) is 18.2. The molecule has 2 rings (SSSR count). The number of benzene rings is 2. The Balaban J connectivity index is 1.65. The van der Waals surface area contributed by atoms with Gasteiger partial charge in [-0.25, -0.2) is 4.79 Å². The van der Waals surface area contributed by atoms with E-state index in [1.54, 1.807) is 24.3 Å². The Kier molecular flexibility index (Phi) is 4.81. The lowest BCUT2D eigenvalue weighted by atomic mass is 10.3. The lowest BCUT2D eigenvalue weighted by Crippen LogP contribution is -2.17. The van der Waals surface area contributed by atoms with Crippen LogP contribution in [0.15, 0.2) is 60.7 Å². The van der Waals surface area contributed by atoms with E-state index in [0.717, 1.165) is 0 Å². The number of rotatable bonds is 6. The van der Waals surface area contributed by atoms with Crippen molar-refractivity contribution in [1.29, 1.82) is 0 Å². The first-order valence-electron chi connectivity index (χ1n) is 5.86. The molecule has 4 nitrogen and oxygen atoms in total. The maximum absolute atomic E-state index is 11.4. The predicted octanol–water partition coefficient (Wildman–Crippen LogP) is 2.65. The maximum atomic E-state index is 11.4. The molecule has 0 N–H and O–H groups in total. The molecule has 19 heavy (non-hydrogen) atoms. The number of carbonyl (C=O) groups is 1. The Morgan fingerprint density at radius 3 is 1.89 bits per heavy atom. The van der Waals surface area contributed by atoms with Gasteiger partial charge in [0.2, 0.25) is 6.79 Å². The summed E-state index contributed by atoms with van der Waals surface area (Å²) in [5, 5.41) is 0. The van der Waals surface area contributed by atoms with Crippen molar-refractivity contribution in [3.05, 3.63) is 60.7 Å². The Hall–Kier alpha value is -2.49. The number of hydrogen-bond donors (Lipinski definition) is 0. The largest absolute Gasteiger partial charge is 0.482 e. The van der Waals surface area contributed by atoms with Gasteiger partial charge in [0, 0.05) is 0 Å². The van der Waals surface area contributed by atoms with E-state index in [2.05, 4.69) is 0 Å². The van der Waals surface area contributed by atoms with Crippen LogP contribution in [0.4, 0.5) is 0 Å². The third-order valence-electron chi connectivity index (χ3n) is 2.29. The van der Waals surface area contributed by atoms with Gasteiger partial charge in [-0.15, -0.1) is 0 Å². The van der Waals surface area contributed by atoms with Gasteiger partial charge in [0.1, 0.15) is 11.5 Å². The zero-order valence-electron chi connectivity index (χ0n) is 10.3. The molecule has 2 aromatic carbocycles. The number of hydrogen-bond acceptors (Lipinski definition) is 4. The molecular weight excluding hydrogens is 244 g/mol. The molecule has 0 spiro atoms. The topological polar surface area (TPSA) is 44.8 Å². The molecule has 0 atom stereocenters. The van der Waals surface area contributed by atoms with Gasteiger partial charge in [-0.3, -0.25) is 0 Å². The number of esters is 1. The van der Waals surface area contributed by atoms with Crippen LogP contribution < -0.4 is 9.47 Å². The molecule has 0 radical (unpaired) electrons. The van der Waals surface area contributed by atoms with Crippen LogP contribution in [0, 0.1) is 0 Å². The fraction of sp³-hybridized carbons (Fsp3) is 0.133. The van der Waals surface area contributed by atoms with Gasteiger partial charge in [-0.1, -0.05) is 36.4 Å². The Labute approximate surface area is 111 Å². The molecule has 0 aliphatic carbocycles. The molecule has 0 aliphatic heterocycles. The number of carbonyl (C=O) groups excluding carboxylic acids is 1. The van der Waals surface area contributed by atoms with Crippen LogP contribution in [0.2, 0.25) is 0 Å². The van der Waals surface area contributed by atoms with Crippen molar-refractivity contribution >= 4 is 5.97 Å². The molecule has 4 heteroatoms. The van der Waals surface area contributed by atoms with E-state index in [0.29, 0.717) is 11.5 Å². The molecule has 0 saturated heterocycles. The smallest absolute Gasteiger partial charge is 0.347 e. The van der Waals surface area contributed by atoms with E-state index in [9.17, 15) is 4.79 Å². The van der Waals surface area contributed by atoms with Crippen LogP contribution in [0.25, 0.3) is 0 Å². The summed E-state index contributed by atoms with van der Waals surface area (Å²) in [5.74, 6) is 0.808. The fourth-order valence-corrected chi connectivity index (χ4v) is 1.38. The molecule has 2 aromatic rings. The molecule has 0 aromatic heterocycles. The molecule has 98 valence electrons. The van der Waals surface area contributed by atoms with E-state index in [-0.39, 0.29) is 13.4 Å². The molecule has 0 saturated carbocycles. The van der Waals surface area contributed by atoms with Gasteiger partial charge in [-0.2, -0.15) is 0 Å². The number of ether oxygens (including phenoxy) is 3. The van der Waals surface area contributed by atoms with Crippen molar-refractivity contribution in [1.82, 2.24) is 0 Å². The minimum atomic E-state index is -0.472. The van der Waals surface area contributed by atoms with Crippen molar-refractivity contribution in [2.24, 2.45) is 0 Å². The van der Waals surface area contributed by atoms with E-state index >= 15 is 0 Å². The molecule has 0 amide bonds. The summed E-state index contributed by atoms with van der Waals surface area (Å²) in [6.45, 7) is -0.261. The molecule has 0 aliphatic rings. The highest BCUT2D eigenvalue weighted by atomic mass is 16.7. The van der Waals surface area contributed by atoms with Gasteiger partial charge in [-0.05, 0) is 24.3 Å². The van der Waals surface area contributed by atoms with Crippen LogP contribution in [0.5, 0.6) is 11.5 Å². The quantitative estimate of drug-likeness (QED) is 0.590. The van der Waals surface area contributed by atoms with Gasteiger partial charge in [0.15, 0.2) is 6.61 Å². The first-order chi connectivity index (χ1) is 9.34. The van der Waals surface area contributed by atoms with Crippen LogP contribution in [-0.2, 0) is 9.53 Å². The molecule has 0 fully saturated rings. The Morgan fingerprint density at radius 2 is 1.32 bits per heavy atom. The van der Waals surface area contributed by atoms with Gasteiger partial charge in [0.25, 0.3) is 0 Å². The van der Waals surface area contributed by atoms with Crippen LogP contribution in [-0.4, -0.2) is 19.4 Å². The van der Waals surface area contributed by atoms with Gasteiger partial charge in [0.05, 0.1) is 0 Å². The van der Waals surface area contributed by atoms with Gasteiger partial charge >= 0.3 is 5.97 Å². The normalized spacial score (nSPS) is 9.68. The van der Waals surface area contributed by atoms with Crippen molar-refractivity contribution in [3.8, 4) is 11.5 Å². The highest BCUT2D eigenvalue weighted by Gasteiger charge is 2.04. The number of para-hydroxylation sites is 2. The highest BCUT2D eigenvalue weighted by Crippen LogP contribution is 2.09. The van der Waals surface area contributed by atoms with Crippen LogP contribution >= 0.6 is 0 Å². The second-order valence-electron chi connectivity index (χ2n) is 3.69. The van der Waals surface area contributed by atoms with E-state index in [1.165, 1.54) is 0 Å². The first kappa shape index (κ1) is 13.0. The zero-order valence-corrected chi connectivity index (χ0v) is 10.3. The summed E-state index contributed by atoms with van der Waals surface area (Å²) >= 11 is 0. The molecule has 0 heterocycles. The standard InChI is InChI=1S/C15H14O4/c16-15(11-17-13-7-3-1-4-8-13)19-12-18-14-9-5-2-6-10-14/h1-10H,11-12H2. The van der Waals surface area contributed by atoms with Gasteiger partial charge < -0.3 is 14.2 Å². The van der Waals surface area contributed by atoms with Crippen LogP contribution in [0.3, 0.4) is 0 Å².